The lowest BCUT2D eigenvalue weighted by molar-refractivity contribution is -0.132. The highest BCUT2D eigenvalue weighted by atomic mass is 16.5. The van der Waals surface area contributed by atoms with E-state index < -0.39 is 0 Å². The maximum Gasteiger partial charge on any atom is 0.260 e. The fraction of sp³-hybridized carbons (Fsp3) is 0.636. The van der Waals surface area contributed by atoms with Gasteiger partial charge in [-0.3, -0.25) is 9.69 Å². The first kappa shape index (κ1) is 20.0. The first-order chi connectivity index (χ1) is 14.2. The van der Waals surface area contributed by atoms with Crippen LogP contribution in [0.25, 0.3) is 0 Å². The van der Waals surface area contributed by atoms with Gasteiger partial charge >= 0.3 is 0 Å². The van der Waals surface area contributed by atoms with Gasteiger partial charge in [0.2, 0.25) is 0 Å². The molecule has 5 rings (SSSR count). The second kappa shape index (κ2) is 8.61. The van der Waals surface area contributed by atoms with Gasteiger partial charge in [-0.15, -0.1) is 0 Å². The number of nitrogens with one attached hydrogen (secondary N) is 1. The lowest BCUT2D eigenvalue weighted by atomic mass is 9.78. The van der Waals surface area contributed by atoms with Gasteiger partial charge in [-0.25, -0.2) is 0 Å². The first-order valence-electron chi connectivity index (χ1n) is 10.9. The summed E-state index contributed by atoms with van der Waals surface area (Å²) in [6.45, 7) is 10.1. The number of rotatable bonds is 8. The number of benzene rings is 1. The Balaban J connectivity index is 1.50. The number of hydrogen-bond acceptors (Lipinski definition) is 6. The zero-order valence-electron chi connectivity index (χ0n) is 17.7. The first-order valence-corrected chi connectivity index (χ1v) is 10.9. The second-order valence-electron chi connectivity index (χ2n) is 7.89. The van der Waals surface area contributed by atoms with Crippen molar-refractivity contribution in [2.24, 2.45) is 11.0 Å². The van der Waals surface area contributed by atoms with Crippen molar-refractivity contribution in [2.45, 2.75) is 45.7 Å². The van der Waals surface area contributed by atoms with E-state index in [4.69, 9.17) is 14.6 Å². The standard InChI is InChI=1S/C22H32N4O3/c1-4-25(5-2)19(27)14-29-17-8-7-16(13-18(17)28-6-3)21-22-20(23-24-21)15-9-11-26(22)12-10-15/h7-8,13,15,21-22,24H,4-6,9-12,14H2,1-3H3. The molecule has 0 spiro atoms. The van der Waals surface area contributed by atoms with Crippen molar-refractivity contribution in [2.75, 3.05) is 39.4 Å². The summed E-state index contributed by atoms with van der Waals surface area (Å²) in [6, 6.07) is 6.51. The molecule has 1 N–H and O–H groups in total. The Kier molecular flexibility index (Phi) is 5.94. The summed E-state index contributed by atoms with van der Waals surface area (Å²) < 4.78 is 11.7. The highest BCUT2D eigenvalue weighted by Crippen LogP contribution is 2.40. The molecule has 4 heterocycles. The normalized spacial score (nSPS) is 27.1. The number of fused-ring (bicyclic) bond motifs is 2. The Morgan fingerprint density at radius 2 is 1.93 bits per heavy atom. The van der Waals surface area contributed by atoms with Gasteiger partial charge in [-0.1, -0.05) is 6.07 Å². The summed E-state index contributed by atoms with van der Waals surface area (Å²) in [5.74, 6) is 1.91. The maximum absolute atomic E-state index is 12.3. The molecular weight excluding hydrogens is 368 g/mol. The van der Waals surface area contributed by atoms with Gasteiger partial charge in [0.25, 0.3) is 5.91 Å². The number of amides is 1. The molecule has 4 aliphatic rings. The van der Waals surface area contributed by atoms with Crippen LogP contribution in [0.5, 0.6) is 11.5 Å². The molecule has 2 unspecified atom stereocenters. The minimum atomic E-state index is -0.0111. The van der Waals surface area contributed by atoms with Crippen LogP contribution in [0.15, 0.2) is 23.3 Å². The van der Waals surface area contributed by atoms with Crippen LogP contribution in [0.2, 0.25) is 0 Å². The Morgan fingerprint density at radius 3 is 2.62 bits per heavy atom. The van der Waals surface area contributed by atoms with Gasteiger partial charge in [-0.05, 0) is 64.4 Å². The lowest BCUT2D eigenvalue weighted by Gasteiger charge is -2.45. The van der Waals surface area contributed by atoms with Gasteiger partial charge in [0.05, 0.1) is 24.4 Å². The van der Waals surface area contributed by atoms with E-state index in [0.717, 1.165) is 18.7 Å². The minimum absolute atomic E-state index is 0.0111. The third-order valence-corrected chi connectivity index (χ3v) is 6.39. The van der Waals surface area contributed by atoms with Crippen molar-refractivity contribution in [1.82, 2.24) is 15.2 Å². The van der Waals surface area contributed by atoms with Gasteiger partial charge in [0.15, 0.2) is 18.1 Å². The van der Waals surface area contributed by atoms with Crippen molar-refractivity contribution in [3.8, 4) is 11.5 Å². The van der Waals surface area contributed by atoms with E-state index in [1.165, 1.54) is 18.6 Å². The number of hydrazone groups is 1. The molecule has 0 saturated carbocycles. The zero-order chi connectivity index (χ0) is 20.4. The summed E-state index contributed by atoms with van der Waals surface area (Å²) in [4.78, 5) is 16.6. The van der Waals surface area contributed by atoms with Crippen LogP contribution >= 0.6 is 0 Å². The molecule has 7 nitrogen and oxygen atoms in total. The highest BCUT2D eigenvalue weighted by molar-refractivity contribution is 5.95. The molecule has 7 heteroatoms. The average Bonchev–Trinajstić information content (AvgIpc) is 3.22. The molecule has 2 bridgehead atoms. The number of likely N-dealkylation sites (N-methyl/N-ethyl adjacent to an activating group) is 1. The maximum atomic E-state index is 12.3. The van der Waals surface area contributed by atoms with E-state index in [0.29, 0.717) is 43.2 Å². The van der Waals surface area contributed by atoms with Gasteiger partial charge in [-0.2, -0.15) is 5.10 Å². The summed E-state index contributed by atoms with van der Waals surface area (Å²) in [5, 5.41) is 4.70. The Bertz CT molecular complexity index is 769. The predicted molar refractivity (Wildman–Crippen MR) is 112 cm³/mol. The molecule has 2 atom stereocenters. The van der Waals surface area contributed by atoms with Crippen molar-refractivity contribution in [3.63, 3.8) is 0 Å². The molecule has 1 aromatic carbocycles. The molecule has 0 aromatic heterocycles. The molecule has 1 amide bonds. The summed E-state index contributed by atoms with van der Waals surface area (Å²) in [5.41, 5.74) is 5.83. The molecule has 0 radical (unpaired) electrons. The molecule has 3 fully saturated rings. The van der Waals surface area contributed by atoms with Gasteiger partial charge < -0.3 is 19.8 Å². The Morgan fingerprint density at radius 1 is 1.17 bits per heavy atom. The number of carbonyl (C=O) groups excluding carboxylic acids is 1. The van der Waals surface area contributed by atoms with Crippen LogP contribution in [0.4, 0.5) is 0 Å². The predicted octanol–water partition coefficient (Wildman–Crippen LogP) is 2.43. The third kappa shape index (κ3) is 3.80. The summed E-state index contributed by atoms with van der Waals surface area (Å²) in [6.07, 6.45) is 2.45. The van der Waals surface area contributed by atoms with Gasteiger partial charge in [0.1, 0.15) is 0 Å². The van der Waals surface area contributed by atoms with E-state index in [9.17, 15) is 4.79 Å². The average molecular weight is 401 g/mol. The number of nitrogens with zero attached hydrogens (tertiary/aromatic N) is 3. The van der Waals surface area contributed by atoms with Crippen molar-refractivity contribution in [1.29, 1.82) is 0 Å². The number of piperidine rings is 3. The molecular formula is C22H32N4O3. The van der Waals surface area contributed by atoms with E-state index in [1.54, 1.807) is 4.90 Å². The summed E-state index contributed by atoms with van der Waals surface area (Å²) >= 11 is 0. The molecule has 29 heavy (non-hydrogen) atoms. The Labute approximate surface area is 173 Å². The zero-order valence-corrected chi connectivity index (χ0v) is 17.7. The molecule has 1 aromatic rings. The third-order valence-electron chi connectivity index (χ3n) is 6.39. The molecule has 4 aliphatic heterocycles. The van der Waals surface area contributed by atoms with E-state index in [2.05, 4.69) is 16.4 Å². The van der Waals surface area contributed by atoms with Crippen LogP contribution in [-0.4, -0.2) is 66.9 Å². The van der Waals surface area contributed by atoms with Crippen molar-refractivity contribution in [3.05, 3.63) is 23.8 Å². The van der Waals surface area contributed by atoms with E-state index in [-0.39, 0.29) is 18.6 Å². The number of ether oxygens (including phenoxy) is 2. The summed E-state index contributed by atoms with van der Waals surface area (Å²) in [7, 11) is 0. The lowest BCUT2D eigenvalue weighted by Crippen LogP contribution is -2.56. The molecule has 158 valence electrons. The van der Waals surface area contributed by atoms with E-state index >= 15 is 0 Å². The van der Waals surface area contributed by atoms with Gasteiger partial charge in [0, 0.05) is 19.0 Å². The molecule has 3 saturated heterocycles. The van der Waals surface area contributed by atoms with Crippen LogP contribution < -0.4 is 14.9 Å². The van der Waals surface area contributed by atoms with Crippen LogP contribution in [0.3, 0.4) is 0 Å². The van der Waals surface area contributed by atoms with Crippen LogP contribution in [0, 0.1) is 5.92 Å². The van der Waals surface area contributed by atoms with Crippen LogP contribution in [0.1, 0.15) is 45.2 Å². The SMILES string of the molecule is CCOc1cc(C2NN=C3C4CCN(CC4)C32)ccc1OCC(=O)N(CC)CC. The minimum Gasteiger partial charge on any atom is -0.490 e. The smallest absolute Gasteiger partial charge is 0.260 e. The largest absolute Gasteiger partial charge is 0.490 e. The van der Waals surface area contributed by atoms with Crippen molar-refractivity contribution < 1.29 is 14.3 Å². The monoisotopic (exact) mass is 400 g/mol. The fourth-order valence-corrected chi connectivity index (χ4v) is 4.83. The number of hydrogen-bond donors (Lipinski definition) is 1. The Hall–Kier alpha value is -2.28. The second-order valence-corrected chi connectivity index (χ2v) is 7.89. The highest BCUT2D eigenvalue weighted by Gasteiger charge is 2.46. The number of carbonyl (C=O) groups is 1. The van der Waals surface area contributed by atoms with Crippen LogP contribution in [-0.2, 0) is 4.79 Å². The van der Waals surface area contributed by atoms with Crippen molar-refractivity contribution >= 4 is 11.6 Å². The topological polar surface area (TPSA) is 66.4 Å². The quantitative estimate of drug-likeness (QED) is 0.726. The fourth-order valence-electron chi connectivity index (χ4n) is 4.83. The van der Waals surface area contributed by atoms with E-state index in [1.807, 2.05) is 32.9 Å². The molecule has 0 aliphatic carbocycles.